The zero-order valence-corrected chi connectivity index (χ0v) is 24.9. The van der Waals surface area contributed by atoms with Crippen molar-refractivity contribution in [3.63, 3.8) is 0 Å². The molecule has 1 fully saturated rings. The molecule has 0 N–H and O–H groups in total. The molecule has 11 heteroatoms. The van der Waals surface area contributed by atoms with Gasteiger partial charge in [0.1, 0.15) is 28.6 Å². The number of rotatable bonds is 8. The molecule has 1 aliphatic heterocycles. The van der Waals surface area contributed by atoms with Crippen LogP contribution in [0, 0.1) is 30.0 Å². The van der Waals surface area contributed by atoms with E-state index in [2.05, 4.69) is 15.4 Å². The van der Waals surface area contributed by atoms with Gasteiger partial charge in [-0.2, -0.15) is 5.26 Å². The topological polar surface area (TPSA) is 76.7 Å². The summed E-state index contributed by atoms with van der Waals surface area (Å²) >= 11 is 8.37. The third kappa shape index (κ3) is 5.10. The molecule has 0 atom stereocenters. The van der Waals surface area contributed by atoms with E-state index in [0.717, 1.165) is 21.7 Å². The number of nitriles is 1. The number of methoxy groups -OCH3 is 1. The van der Waals surface area contributed by atoms with Gasteiger partial charge >= 0.3 is 5.97 Å². The number of aromatic nitrogens is 1. The van der Waals surface area contributed by atoms with Crippen molar-refractivity contribution in [2.45, 2.75) is 11.8 Å². The van der Waals surface area contributed by atoms with Crippen molar-refractivity contribution in [3.8, 4) is 34.2 Å². The summed E-state index contributed by atoms with van der Waals surface area (Å²) in [7, 11) is 1.39. The average Bonchev–Trinajstić information content (AvgIpc) is 3.56. The molecule has 3 aromatic carbocycles. The first kappa shape index (κ1) is 28.1. The predicted octanol–water partition coefficient (Wildman–Crippen LogP) is 7.98. The standard InChI is InChI=1S/C31H23ClFN3O4S2/c1-18-3-7-22(8-4-18)42-36-26-9-5-20(33)13-24(26)29(23-11-12-41-28(23)15-34)30(36)25-14-21(6-10-27(25)39-40-32)35-16-19(17-35)31(37)38-2/h3-14,19H,16-17H2,1-2H3. The van der Waals surface area contributed by atoms with Gasteiger partial charge in [-0.15, -0.1) is 11.3 Å². The number of nitrogens with zero attached hydrogens (tertiary/aromatic N) is 3. The number of thiophene rings is 1. The van der Waals surface area contributed by atoms with Gasteiger partial charge in [0.15, 0.2) is 5.75 Å². The Labute approximate surface area is 254 Å². The number of ether oxygens (including phenoxy) is 1. The minimum Gasteiger partial charge on any atom is -0.469 e. The lowest BCUT2D eigenvalue weighted by atomic mass is 9.96. The molecule has 2 aromatic heterocycles. The van der Waals surface area contributed by atoms with Gasteiger partial charge in [-0.1, -0.05) is 22.1 Å². The fourth-order valence-electron chi connectivity index (χ4n) is 5.16. The number of carbonyl (C=O) groups is 1. The van der Waals surface area contributed by atoms with E-state index in [-0.39, 0.29) is 11.9 Å². The van der Waals surface area contributed by atoms with Crippen LogP contribution in [0.2, 0.25) is 0 Å². The molecule has 0 radical (unpaired) electrons. The minimum absolute atomic E-state index is 0.216. The zero-order chi connectivity index (χ0) is 29.4. The molecule has 0 amide bonds. The lowest BCUT2D eigenvalue weighted by molar-refractivity contribution is -0.146. The summed E-state index contributed by atoms with van der Waals surface area (Å²) in [6.45, 7) is 3.02. The van der Waals surface area contributed by atoms with Gasteiger partial charge in [0.05, 0.1) is 24.2 Å². The maximum absolute atomic E-state index is 14.8. The molecule has 0 aliphatic carbocycles. The van der Waals surface area contributed by atoms with Gasteiger partial charge < -0.3 is 14.5 Å². The maximum atomic E-state index is 14.8. The van der Waals surface area contributed by atoms with Crippen LogP contribution in [0.25, 0.3) is 33.3 Å². The number of hydrogen-bond donors (Lipinski definition) is 0. The molecule has 6 rings (SSSR count). The highest BCUT2D eigenvalue weighted by Crippen LogP contribution is 2.49. The molecule has 5 aromatic rings. The van der Waals surface area contributed by atoms with Crippen molar-refractivity contribution in [2.24, 2.45) is 5.92 Å². The van der Waals surface area contributed by atoms with E-state index >= 15 is 0 Å². The lowest BCUT2D eigenvalue weighted by Crippen LogP contribution is -2.50. The van der Waals surface area contributed by atoms with E-state index in [0.29, 0.717) is 51.5 Å². The maximum Gasteiger partial charge on any atom is 0.312 e. The fourth-order valence-corrected chi connectivity index (χ4v) is 6.92. The summed E-state index contributed by atoms with van der Waals surface area (Å²) in [5.41, 5.74) is 5.34. The van der Waals surface area contributed by atoms with Crippen molar-refractivity contribution in [3.05, 3.63) is 88.4 Å². The summed E-state index contributed by atoms with van der Waals surface area (Å²) in [4.78, 5) is 21.0. The Morgan fingerprint density at radius 1 is 1.10 bits per heavy atom. The van der Waals surface area contributed by atoms with Gasteiger partial charge in [0, 0.05) is 45.7 Å². The zero-order valence-electron chi connectivity index (χ0n) is 22.5. The van der Waals surface area contributed by atoms with Gasteiger partial charge in [-0.25, -0.2) is 4.39 Å². The first-order valence-corrected chi connectivity index (χ1v) is 14.9. The summed E-state index contributed by atoms with van der Waals surface area (Å²) in [5, 5.41) is 12.5. The fraction of sp³-hybridized carbons (Fsp3) is 0.161. The number of aryl methyl sites for hydroxylation is 1. The highest BCUT2D eigenvalue weighted by atomic mass is 35.5. The summed E-state index contributed by atoms with van der Waals surface area (Å²) in [6.07, 6.45) is 0. The first-order valence-electron chi connectivity index (χ1n) is 12.9. The highest BCUT2D eigenvalue weighted by Gasteiger charge is 2.34. The lowest BCUT2D eigenvalue weighted by Gasteiger charge is -2.39. The van der Waals surface area contributed by atoms with Crippen LogP contribution in [0.5, 0.6) is 5.75 Å². The summed E-state index contributed by atoms with van der Waals surface area (Å²) < 4.78 is 26.4. The Morgan fingerprint density at radius 3 is 2.60 bits per heavy atom. The molecular weight excluding hydrogens is 597 g/mol. The second-order valence-electron chi connectivity index (χ2n) is 9.81. The van der Waals surface area contributed by atoms with Crippen molar-refractivity contribution in [1.29, 1.82) is 5.26 Å². The number of halogens is 2. The molecule has 0 bridgehead atoms. The van der Waals surface area contributed by atoms with Crippen LogP contribution in [-0.2, 0) is 14.0 Å². The van der Waals surface area contributed by atoms with Crippen LogP contribution in [0.3, 0.4) is 0 Å². The molecule has 7 nitrogen and oxygen atoms in total. The van der Waals surface area contributed by atoms with Crippen LogP contribution >= 0.6 is 35.2 Å². The molecule has 0 unspecified atom stereocenters. The SMILES string of the molecule is COC(=O)C1CN(c2ccc(OOCl)c(-c3c(-c4ccsc4C#N)c4cc(F)ccc4n3Sc3ccc(C)cc3)c2)C1. The summed E-state index contributed by atoms with van der Waals surface area (Å²) in [6, 6.07) is 22.4. The number of benzene rings is 3. The van der Waals surface area contributed by atoms with E-state index in [1.54, 1.807) is 12.1 Å². The highest BCUT2D eigenvalue weighted by molar-refractivity contribution is 7.98. The molecule has 42 heavy (non-hydrogen) atoms. The molecule has 212 valence electrons. The van der Waals surface area contributed by atoms with Crippen molar-refractivity contribution < 1.29 is 23.2 Å². The molecule has 3 heterocycles. The Balaban J connectivity index is 1.62. The largest absolute Gasteiger partial charge is 0.469 e. The summed E-state index contributed by atoms with van der Waals surface area (Å²) in [5.74, 6) is -0.540. The van der Waals surface area contributed by atoms with Crippen molar-refractivity contribution in [2.75, 3.05) is 25.1 Å². The number of hydrogen-bond acceptors (Lipinski definition) is 8. The number of anilines is 1. The van der Waals surface area contributed by atoms with Gasteiger partial charge in [-0.3, -0.25) is 8.77 Å². The van der Waals surface area contributed by atoms with Gasteiger partial charge in [-0.05, 0) is 78.8 Å². The van der Waals surface area contributed by atoms with Crippen LogP contribution < -0.4 is 9.79 Å². The molecule has 0 spiro atoms. The normalized spacial score (nSPS) is 13.2. The van der Waals surface area contributed by atoms with Crippen LogP contribution in [-0.4, -0.2) is 30.1 Å². The number of fused-ring (bicyclic) bond motifs is 1. The Bertz CT molecular complexity index is 1840. The van der Waals surface area contributed by atoms with Gasteiger partial charge in [0.2, 0.25) is 0 Å². The van der Waals surface area contributed by atoms with Crippen LogP contribution in [0.4, 0.5) is 10.1 Å². The van der Waals surface area contributed by atoms with Crippen LogP contribution in [0.15, 0.2) is 77.0 Å². The second-order valence-corrected chi connectivity index (χ2v) is 11.9. The second kappa shape index (κ2) is 11.7. The Morgan fingerprint density at radius 2 is 1.88 bits per heavy atom. The molecule has 1 saturated heterocycles. The van der Waals surface area contributed by atoms with E-state index in [1.807, 2.05) is 58.7 Å². The van der Waals surface area contributed by atoms with E-state index in [1.165, 1.54) is 42.5 Å². The van der Waals surface area contributed by atoms with E-state index in [9.17, 15) is 14.4 Å². The minimum atomic E-state index is -0.398. The van der Waals surface area contributed by atoms with Crippen LogP contribution in [0.1, 0.15) is 10.4 Å². The number of esters is 1. The van der Waals surface area contributed by atoms with Gasteiger partial charge in [0.25, 0.3) is 0 Å². The van der Waals surface area contributed by atoms with Crippen molar-refractivity contribution >= 4 is 57.7 Å². The average molecular weight is 620 g/mol. The Hall–Kier alpha value is -4.01. The first-order chi connectivity index (χ1) is 20.4. The number of carbonyl (C=O) groups excluding carboxylic acids is 1. The van der Waals surface area contributed by atoms with Crippen molar-refractivity contribution in [1.82, 2.24) is 3.97 Å². The predicted molar refractivity (Wildman–Crippen MR) is 163 cm³/mol. The van der Waals surface area contributed by atoms with E-state index in [4.69, 9.17) is 21.5 Å². The molecule has 1 aliphatic rings. The van der Waals surface area contributed by atoms with E-state index < -0.39 is 5.82 Å². The Kier molecular flexibility index (Phi) is 7.84. The smallest absolute Gasteiger partial charge is 0.312 e. The molecule has 0 saturated carbocycles. The third-order valence-electron chi connectivity index (χ3n) is 7.26. The third-order valence-corrected chi connectivity index (χ3v) is 9.19. The quantitative estimate of drug-likeness (QED) is 0.0990. The monoisotopic (exact) mass is 619 g/mol. The molecular formula is C31H23ClFN3O4S2.